The second-order valence-electron chi connectivity index (χ2n) is 4.23. The maximum Gasteiger partial charge on any atom is 0.138 e. The van der Waals surface area contributed by atoms with E-state index in [4.69, 9.17) is 10.5 Å². The first-order valence-corrected chi connectivity index (χ1v) is 7.01. The first kappa shape index (κ1) is 13.1. The molecule has 0 aliphatic carbocycles. The fourth-order valence-corrected chi connectivity index (χ4v) is 2.20. The molecule has 0 aromatic carbocycles. The van der Waals surface area contributed by atoms with E-state index in [1.165, 1.54) is 4.88 Å². The van der Waals surface area contributed by atoms with Crippen molar-refractivity contribution in [1.82, 2.24) is 4.98 Å². The number of nitrogens with zero attached hydrogens (tertiary/aromatic N) is 1. The fraction of sp³-hybridized carbons (Fsp3) is 0.357. The van der Waals surface area contributed by atoms with Crippen LogP contribution >= 0.6 is 11.3 Å². The lowest BCUT2D eigenvalue weighted by atomic mass is 10.1. The van der Waals surface area contributed by atoms with Gasteiger partial charge >= 0.3 is 0 Å². The van der Waals surface area contributed by atoms with E-state index in [2.05, 4.69) is 18.0 Å². The zero-order chi connectivity index (χ0) is 12.8. The van der Waals surface area contributed by atoms with Gasteiger partial charge in [0.25, 0.3) is 0 Å². The molecule has 3 nitrogen and oxygen atoms in total. The number of hydrogen-bond acceptors (Lipinski definition) is 4. The Morgan fingerprint density at radius 2 is 2.28 bits per heavy atom. The Balaban J connectivity index is 1.87. The molecule has 0 saturated carbocycles. The van der Waals surface area contributed by atoms with E-state index in [-0.39, 0.29) is 6.04 Å². The Bertz CT molecular complexity index is 453. The van der Waals surface area contributed by atoms with Crippen molar-refractivity contribution in [2.24, 2.45) is 5.73 Å². The largest absolute Gasteiger partial charge is 0.486 e. The zero-order valence-electron chi connectivity index (χ0n) is 10.5. The van der Waals surface area contributed by atoms with Gasteiger partial charge in [-0.25, -0.2) is 0 Å². The molecule has 0 fully saturated rings. The maximum atomic E-state index is 5.90. The molecule has 1 unspecified atom stereocenters. The lowest BCUT2D eigenvalue weighted by Gasteiger charge is -2.09. The molecule has 0 aliphatic rings. The Labute approximate surface area is 112 Å². The van der Waals surface area contributed by atoms with Crippen LogP contribution in [0.2, 0.25) is 0 Å². The highest BCUT2D eigenvalue weighted by atomic mass is 32.1. The van der Waals surface area contributed by atoms with Crippen LogP contribution in [0.5, 0.6) is 5.75 Å². The molecule has 18 heavy (non-hydrogen) atoms. The van der Waals surface area contributed by atoms with Crippen molar-refractivity contribution in [1.29, 1.82) is 0 Å². The van der Waals surface area contributed by atoms with Crippen molar-refractivity contribution >= 4 is 11.3 Å². The Morgan fingerprint density at radius 1 is 1.39 bits per heavy atom. The monoisotopic (exact) mass is 262 g/mol. The van der Waals surface area contributed by atoms with Crippen LogP contribution < -0.4 is 10.5 Å². The van der Waals surface area contributed by atoms with Gasteiger partial charge in [0.2, 0.25) is 0 Å². The molecular weight excluding hydrogens is 244 g/mol. The number of pyridine rings is 1. The van der Waals surface area contributed by atoms with E-state index in [0.29, 0.717) is 6.61 Å². The first-order chi connectivity index (χ1) is 8.78. The third kappa shape index (κ3) is 3.82. The van der Waals surface area contributed by atoms with Crippen LogP contribution in [0.3, 0.4) is 0 Å². The van der Waals surface area contributed by atoms with Crippen LogP contribution in [0.4, 0.5) is 0 Å². The van der Waals surface area contributed by atoms with Crippen molar-refractivity contribution in [2.45, 2.75) is 32.4 Å². The summed E-state index contributed by atoms with van der Waals surface area (Å²) >= 11 is 1.69. The summed E-state index contributed by atoms with van der Waals surface area (Å²) in [4.78, 5) is 5.58. The second kappa shape index (κ2) is 6.52. The SMILES string of the molecule is CCC(N)Cc1ccc(OCc2cccs2)cn1. The van der Waals surface area contributed by atoms with Gasteiger partial charge in [0, 0.05) is 23.0 Å². The van der Waals surface area contributed by atoms with Gasteiger partial charge in [-0.05, 0) is 30.0 Å². The van der Waals surface area contributed by atoms with Crippen molar-refractivity contribution in [3.8, 4) is 5.75 Å². The average Bonchev–Trinajstić information content (AvgIpc) is 2.91. The molecule has 2 aromatic heterocycles. The van der Waals surface area contributed by atoms with Gasteiger partial charge in [-0.3, -0.25) is 4.98 Å². The van der Waals surface area contributed by atoms with Crippen molar-refractivity contribution in [2.75, 3.05) is 0 Å². The molecule has 0 bridgehead atoms. The highest BCUT2D eigenvalue weighted by Crippen LogP contribution is 2.15. The minimum Gasteiger partial charge on any atom is -0.486 e. The molecule has 0 saturated heterocycles. The van der Waals surface area contributed by atoms with E-state index in [0.717, 1.165) is 24.3 Å². The summed E-state index contributed by atoms with van der Waals surface area (Å²) in [7, 11) is 0. The highest BCUT2D eigenvalue weighted by molar-refractivity contribution is 7.09. The number of thiophene rings is 1. The minimum absolute atomic E-state index is 0.190. The van der Waals surface area contributed by atoms with E-state index in [1.54, 1.807) is 17.5 Å². The zero-order valence-corrected chi connectivity index (χ0v) is 11.3. The summed E-state index contributed by atoms with van der Waals surface area (Å²) in [6, 6.07) is 8.22. The van der Waals surface area contributed by atoms with Crippen molar-refractivity contribution in [3.05, 3.63) is 46.4 Å². The Hall–Kier alpha value is -1.39. The molecular formula is C14H18N2OS. The van der Waals surface area contributed by atoms with Gasteiger partial charge in [-0.15, -0.1) is 11.3 Å². The molecule has 0 amide bonds. The average molecular weight is 262 g/mol. The fourth-order valence-electron chi connectivity index (χ4n) is 1.58. The van der Waals surface area contributed by atoms with Gasteiger partial charge < -0.3 is 10.5 Å². The maximum absolute atomic E-state index is 5.90. The second-order valence-corrected chi connectivity index (χ2v) is 5.26. The number of nitrogens with two attached hydrogens (primary N) is 1. The Kier molecular flexibility index (Phi) is 4.73. The molecule has 0 aliphatic heterocycles. The van der Waals surface area contributed by atoms with Gasteiger partial charge in [-0.2, -0.15) is 0 Å². The van der Waals surface area contributed by atoms with Crippen molar-refractivity contribution < 1.29 is 4.74 Å². The molecule has 2 aromatic rings. The molecule has 2 heterocycles. The Morgan fingerprint density at radius 3 is 2.89 bits per heavy atom. The van der Waals surface area contributed by atoms with Gasteiger partial charge in [0.1, 0.15) is 12.4 Å². The molecule has 2 N–H and O–H groups in total. The summed E-state index contributed by atoms with van der Waals surface area (Å²) in [6.45, 7) is 2.69. The molecule has 4 heteroatoms. The number of hydrogen-bond donors (Lipinski definition) is 1. The van der Waals surface area contributed by atoms with Crippen LogP contribution in [0.15, 0.2) is 35.8 Å². The lowest BCUT2D eigenvalue weighted by Crippen LogP contribution is -2.21. The summed E-state index contributed by atoms with van der Waals surface area (Å²) in [6.07, 6.45) is 3.56. The predicted molar refractivity (Wildman–Crippen MR) is 74.9 cm³/mol. The van der Waals surface area contributed by atoms with Gasteiger partial charge in [0.15, 0.2) is 0 Å². The van der Waals surface area contributed by atoms with Crippen LogP contribution in [-0.4, -0.2) is 11.0 Å². The van der Waals surface area contributed by atoms with Crippen LogP contribution in [0.25, 0.3) is 0 Å². The summed E-state index contributed by atoms with van der Waals surface area (Å²) in [5.41, 5.74) is 6.92. The number of ether oxygens (including phenoxy) is 1. The van der Waals surface area contributed by atoms with Crippen molar-refractivity contribution in [3.63, 3.8) is 0 Å². The molecule has 1 atom stereocenters. The van der Waals surface area contributed by atoms with E-state index < -0.39 is 0 Å². The minimum atomic E-state index is 0.190. The summed E-state index contributed by atoms with van der Waals surface area (Å²) in [5, 5.41) is 2.05. The normalized spacial score (nSPS) is 12.3. The quantitative estimate of drug-likeness (QED) is 0.870. The standard InChI is InChI=1S/C14H18N2OS/c1-2-11(15)8-12-5-6-13(9-16-12)17-10-14-4-3-7-18-14/h3-7,9,11H,2,8,10,15H2,1H3. The molecule has 96 valence electrons. The van der Waals surface area contributed by atoms with Gasteiger partial charge in [0.05, 0.1) is 6.20 Å². The topological polar surface area (TPSA) is 48.1 Å². The number of rotatable bonds is 6. The smallest absolute Gasteiger partial charge is 0.138 e. The summed E-state index contributed by atoms with van der Waals surface area (Å²) < 4.78 is 5.65. The molecule has 0 spiro atoms. The number of aromatic nitrogens is 1. The third-order valence-electron chi connectivity index (χ3n) is 2.75. The highest BCUT2D eigenvalue weighted by Gasteiger charge is 2.03. The summed E-state index contributed by atoms with van der Waals surface area (Å²) in [5.74, 6) is 0.803. The van der Waals surface area contributed by atoms with Crippen LogP contribution in [-0.2, 0) is 13.0 Å². The van der Waals surface area contributed by atoms with Crippen LogP contribution in [0, 0.1) is 0 Å². The molecule has 0 radical (unpaired) electrons. The van der Waals surface area contributed by atoms with Gasteiger partial charge in [-0.1, -0.05) is 13.0 Å². The van der Waals surface area contributed by atoms with E-state index >= 15 is 0 Å². The molecule has 2 rings (SSSR count). The van der Waals surface area contributed by atoms with E-state index in [1.807, 2.05) is 23.6 Å². The van der Waals surface area contributed by atoms with E-state index in [9.17, 15) is 0 Å². The predicted octanol–water partition coefficient (Wildman–Crippen LogP) is 3.00. The lowest BCUT2D eigenvalue weighted by molar-refractivity contribution is 0.308. The third-order valence-corrected chi connectivity index (χ3v) is 3.60. The first-order valence-electron chi connectivity index (χ1n) is 6.13. The van der Waals surface area contributed by atoms with Crippen LogP contribution in [0.1, 0.15) is 23.9 Å².